The third-order valence-corrected chi connectivity index (χ3v) is 5.82. The van der Waals surface area contributed by atoms with Crippen LogP contribution in [0.1, 0.15) is 103 Å². The minimum absolute atomic E-state index is 0.499. The van der Waals surface area contributed by atoms with E-state index in [1.807, 2.05) is 0 Å². The lowest BCUT2D eigenvalue weighted by Gasteiger charge is -2.31. The van der Waals surface area contributed by atoms with Gasteiger partial charge in [-0.2, -0.15) is 0 Å². The predicted octanol–water partition coefficient (Wildman–Crippen LogP) is 5.81. The molecule has 2 atom stereocenters. The molecular formula is C19H37N. The molecule has 0 aromatic carbocycles. The average molecular weight is 280 g/mol. The van der Waals surface area contributed by atoms with Gasteiger partial charge in [0.05, 0.1) is 0 Å². The Balaban J connectivity index is 1.86. The van der Waals surface area contributed by atoms with Crippen molar-refractivity contribution in [1.82, 2.24) is 0 Å². The van der Waals surface area contributed by atoms with Crippen LogP contribution in [0.3, 0.4) is 0 Å². The molecule has 0 spiro atoms. The van der Waals surface area contributed by atoms with Crippen LogP contribution in [0, 0.1) is 11.8 Å². The molecule has 20 heavy (non-hydrogen) atoms. The van der Waals surface area contributed by atoms with Gasteiger partial charge in [0, 0.05) is 6.04 Å². The highest BCUT2D eigenvalue weighted by atomic mass is 14.6. The molecule has 0 saturated heterocycles. The standard InChI is InChI=1S/C19H37N/c20-19-15-11-7-10-14-18(16-19)17-12-8-5-3-1-2-4-6-9-13-17/h17-19H,1-16,20H2. The van der Waals surface area contributed by atoms with E-state index < -0.39 is 0 Å². The summed E-state index contributed by atoms with van der Waals surface area (Å²) in [5.74, 6) is 1.95. The summed E-state index contributed by atoms with van der Waals surface area (Å²) < 4.78 is 0. The Hall–Kier alpha value is -0.0400. The molecule has 2 saturated carbocycles. The molecule has 118 valence electrons. The van der Waals surface area contributed by atoms with Crippen molar-refractivity contribution >= 4 is 0 Å². The molecule has 2 N–H and O–H groups in total. The Kier molecular flexibility index (Phi) is 8.02. The van der Waals surface area contributed by atoms with Gasteiger partial charge in [-0.25, -0.2) is 0 Å². The van der Waals surface area contributed by atoms with Crippen LogP contribution >= 0.6 is 0 Å². The van der Waals surface area contributed by atoms with Gasteiger partial charge < -0.3 is 5.73 Å². The van der Waals surface area contributed by atoms with E-state index in [1.54, 1.807) is 0 Å². The zero-order valence-electron chi connectivity index (χ0n) is 13.6. The number of hydrogen-bond donors (Lipinski definition) is 1. The van der Waals surface area contributed by atoms with Crippen LogP contribution in [0.4, 0.5) is 0 Å². The van der Waals surface area contributed by atoms with Crippen LogP contribution in [0.5, 0.6) is 0 Å². The Bertz CT molecular complexity index is 226. The van der Waals surface area contributed by atoms with Gasteiger partial charge >= 0.3 is 0 Å². The van der Waals surface area contributed by atoms with Gasteiger partial charge in [0.1, 0.15) is 0 Å². The summed E-state index contributed by atoms with van der Waals surface area (Å²) in [5, 5.41) is 0. The van der Waals surface area contributed by atoms with E-state index >= 15 is 0 Å². The van der Waals surface area contributed by atoms with Crippen molar-refractivity contribution in [3.8, 4) is 0 Å². The lowest BCUT2D eigenvalue weighted by atomic mass is 9.76. The van der Waals surface area contributed by atoms with E-state index in [2.05, 4.69) is 0 Å². The molecule has 0 aromatic heterocycles. The summed E-state index contributed by atoms with van der Waals surface area (Å²) in [6.07, 6.45) is 23.2. The quantitative estimate of drug-likeness (QED) is 0.643. The number of hydrogen-bond acceptors (Lipinski definition) is 1. The van der Waals surface area contributed by atoms with Crippen molar-refractivity contribution in [3.05, 3.63) is 0 Å². The molecule has 2 rings (SSSR count). The molecule has 0 aliphatic heterocycles. The molecule has 0 aromatic rings. The summed E-state index contributed by atoms with van der Waals surface area (Å²) >= 11 is 0. The van der Waals surface area contributed by atoms with Crippen molar-refractivity contribution in [2.45, 2.75) is 109 Å². The third kappa shape index (κ3) is 6.16. The average Bonchev–Trinajstić information content (AvgIpc) is 2.48. The van der Waals surface area contributed by atoms with Crippen molar-refractivity contribution in [3.63, 3.8) is 0 Å². The Labute approximate surface area is 127 Å². The van der Waals surface area contributed by atoms with Gasteiger partial charge in [0.2, 0.25) is 0 Å². The molecule has 1 nitrogen and oxygen atoms in total. The molecule has 0 heterocycles. The summed E-state index contributed by atoms with van der Waals surface area (Å²) in [5.41, 5.74) is 6.35. The van der Waals surface area contributed by atoms with Gasteiger partial charge in [0.15, 0.2) is 0 Å². The maximum Gasteiger partial charge on any atom is 0.00415 e. The van der Waals surface area contributed by atoms with Gasteiger partial charge in [-0.05, 0) is 24.7 Å². The Morgan fingerprint density at radius 3 is 1.45 bits per heavy atom. The highest BCUT2D eigenvalue weighted by Crippen LogP contribution is 2.34. The largest absolute Gasteiger partial charge is 0.328 e. The van der Waals surface area contributed by atoms with Gasteiger partial charge in [-0.3, -0.25) is 0 Å². The van der Waals surface area contributed by atoms with Gasteiger partial charge in [0.25, 0.3) is 0 Å². The first-order valence-corrected chi connectivity index (χ1v) is 9.62. The lowest BCUT2D eigenvalue weighted by Crippen LogP contribution is -2.29. The van der Waals surface area contributed by atoms with Crippen molar-refractivity contribution in [1.29, 1.82) is 0 Å². The molecule has 0 amide bonds. The first-order chi connectivity index (χ1) is 9.86. The van der Waals surface area contributed by atoms with Gasteiger partial charge in [-0.15, -0.1) is 0 Å². The maximum absolute atomic E-state index is 6.35. The summed E-state index contributed by atoms with van der Waals surface area (Å²) in [4.78, 5) is 0. The molecule has 2 aliphatic rings. The molecule has 2 aliphatic carbocycles. The monoisotopic (exact) mass is 279 g/mol. The predicted molar refractivity (Wildman–Crippen MR) is 88.8 cm³/mol. The molecule has 2 unspecified atom stereocenters. The first-order valence-electron chi connectivity index (χ1n) is 9.62. The second-order valence-electron chi connectivity index (χ2n) is 7.56. The van der Waals surface area contributed by atoms with E-state index in [-0.39, 0.29) is 0 Å². The zero-order chi connectivity index (χ0) is 14.0. The van der Waals surface area contributed by atoms with Gasteiger partial charge in [-0.1, -0.05) is 89.9 Å². The van der Waals surface area contributed by atoms with Crippen molar-refractivity contribution in [2.75, 3.05) is 0 Å². The van der Waals surface area contributed by atoms with Crippen molar-refractivity contribution < 1.29 is 0 Å². The normalized spacial score (nSPS) is 32.9. The van der Waals surface area contributed by atoms with E-state index in [0.29, 0.717) is 6.04 Å². The molecular weight excluding hydrogens is 242 g/mol. The smallest absolute Gasteiger partial charge is 0.00415 e. The second kappa shape index (κ2) is 9.82. The highest BCUT2D eigenvalue weighted by Gasteiger charge is 2.24. The highest BCUT2D eigenvalue weighted by molar-refractivity contribution is 4.78. The van der Waals surface area contributed by atoms with Crippen LogP contribution in [0.15, 0.2) is 0 Å². The minimum atomic E-state index is 0.499. The minimum Gasteiger partial charge on any atom is -0.328 e. The number of nitrogens with two attached hydrogens (primary N) is 1. The Morgan fingerprint density at radius 1 is 0.450 bits per heavy atom. The Morgan fingerprint density at radius 2 is 0.850 bits per heavy atom. The zero-order valence-corrected chi connectivity index (χ0v) is 13.6. The van der Waals surface area contributed by atoms with E-state index in [1.165, 1.54) is 103 Å². The maximum atomic E-state index is 6.35. The summed E-state index contributed by atoms with van der Waals surface area (Å²) in [6, 6.07) is 0.499. The second-order valence-corrected chi connectivity index (χ2v) is 7.56. The van der Waals surface area contributed by atoms with Crippen LogP contribution in [0.2, 0.25) is 0 Å². The van der Waals surface area contributed by atoms with Crippen LogP contribution in [-0.4, -0.2) is 6.04 Å². The molecule has 0 radical (unpaired) electrons. The molecule has 1 heteroatoms. The molecule has 2 fully saturated rings. The van der Waals surface area contributed by atoms with E-state index in [9.17, 15) is 0 Å². The lowest BCUT2D eigenvalue weighted by molar-refractivity contribution is 0.218. The first kappa shape index (κ1) is 16.3. The molecule has 0 bridgehead atoms. The van der Waals surface area contributed by atoms with Crippen LogP contribution in [-0.2, 0) is 0 Å². The van der Waals surface area contributed by atoms with Crippen molar-refractivity contribution in [2.24, 2.45) is 17.6 Å². The SMILES string of the molecule is NC1CCCCCC(C2CCCCCCCCCC2)C1. The van der Waals surface area contributed by atoms with Crippen LogP contribution < -0.4 is 5.73 Å². The fourth-order valence-corrected chi connectivity index (χ4v) is 4.53. The number of rotatable bonds is 1. The summed E-state index contributed by atoms with van der Waals surface area (Å²) in [7, 11) is 0. The van der Waals surface area contributed by atoms with E-state index in [4.69, 9.17) is 5.73 Å². The summed E-state index contributed by atoms with van der Waals surface area (Å²) in [6.45, 7) is 0. The van der Waals surface area contributed by atoms with E-state index in [0.717, 1.165) is 11.8 Å². The van der Waals surface area contributed by atoms with Crippen LogP contribution in [0.25, 0.3) is 0 Å². The fraction of sp³-hybridized carbons (Fsp3) is 1.00. The fourth-order valence-electron chi connectivity index (χ4n) is 4.53. The third-order valence-electron chi connectivity index (χ3n) is 5.82. The topological polar surface area (TPSA) is 26.0 Å².